The molecule has 0 radical (unpaired) electrons. The van der Waals surface area contributed by atoms with Gasteiger partial charge in [0.2, 0.25) is 0 Å². The highest BCUT2D eigenvalue weighted by Crippen LogP contribution is 2.20. The van der Waals surface area contributed by atoms with E-state index in [1.807, 2.05) is 17.9 Å². The van der Waals surface area contributed by atoms with Crippen LogP contribution in [0.2, 0.25) is 0 Å². The van der Waals surface area contributed by atoms with Gasteiger partial charge in [-0.15, -0.1) is 0 Å². The molecule has 1 aromatic heterocycles. The third-order valence-electron chi connectivity index (χ3n) is 3.69. The summed E-state index contributed by atoms with van der Waals surface area (Å²) in [5.41, 5.74) is 1.33. The lowest BCUT2D eigenvalue weighted by molar-refractivity contribution is 0.0290. The summed E-state index contributed by atoms with van der Waals surface area (Å²) in [6, 6.07) is 0.635. The van der Waals surface area contributed by atoms with Crippen LogP contribution in [0.25, 0.3) is 0 Å². The van der Waals surface area contributed by atoms with Crippen LogP contribution in [0.5, 0.6) is 0 Å². The largest absolute Gasteiger partial charge is 0.381 e. The standard InChI is InChI=1S/C14H25N3O/c1-3-7-15-14-6-8-18-11-13(14)5-4-12-9-16-17(2)10-12/h9-10,13-15H,3-8,11H2,1-2H3. The number of ether oxygens (including phenoxy) is 1. The third-order valence-corrected chi connectivity index (χ3v) is 3.69. The van der Waals surface area contributed by atoms with Crippen molar-refractivity contribution in [3.8, 4) is 0 Å². The van der Waals surface area contributed by atoms with E-state index in [-0.39, 0.29) is 0 Å². The van der Waals surface area contributed by atoms with Crippen LogP contribution < -0.4 is 5.32 Å². The molecule has 0 spiro atoms. The second-order valence-electron chi connectivity index (χ2n) is 5.25. The van der Waals surface area contributed by atoms with Crippen LogP contribution in [0.1, 0.15) is 31.7 Å². The van der Waals surface area contributed by atoms with Crippen LogP contribution in [-0.4, -0.2) is 35.6 Å². The van der Waals surface area contributed by atoms with Crippen LogP contribution in [0, 0.1) is 5.92 Å². The summed E-state index contributed by atoms with van der Waals surface area (Å²) in [6.07, 6.45) is 8.72. The molecular formula is C14H25N3O. The summed E-state index contributed by atoms with van der Waals surface area (Å²) >= 11 is 0. The van der Waals surface area contributed by atoms with Gasteiger partial charge in [0.05, 0.1) is 12.8 Å². The molecule has 0 bridgehead atoms. The molecule has 2 heterocycles. The van der Waals surface area contributed by atoms with Gasteiger partial charge in [0.15, 0.2) is 0 Å². The number of nitrogens with zero attached hydrogens (tertiary/aromatic N) is 2. The first-order chi connectivity index (χ1) is 8.79. The number of hydrogen-bond donors (Lipinski definition) is 1. The maximum absolute atomic E-state index is 5.63. The molecule has 4 nitrogen and oxygen atoms in total. The molecule has 18 heavy (non-hydrogen) atoms. The molecule has 102 valence electrons. The normalized spacial score (nSPS) is 24.3. The Kier molecular flexibility index (Phi) is 5.20. The lowest BCUT2D eigenvalue weighted by atomic mass is 9.90. The Bertz CT molecular complexity index is 351. The minimum Gasteiger partial charge on any atom is -0.381 e. The van der Waals surface area contributed by atoms with Gasteiger partial charge < -0.3 is 10.1 Å². The molecule has 1 aliphatic heterocycles. The molecule has 0 aromatic carbocycles. The summed E-state index contributed by atoms with van der Waals surface area (Å²) in [4.78, 5) is 0. The number of rotatable bonds is 6. The highest BCUT2D eigenvalue weighted by molar-refractivity contribution is 5.04. The fourth-order valence-corrected chi connectivity index (χ4v) is 2.63. The molecule has 0 saturated carbocycles. The average Bonchev–Trinajstić information content (AvgIpc) is 2.81. The summed E-state index contributed by atoms with van der Waals surface area (Å²) in [5.74, 6) is 0.644. The zero-order valence-corrected chi connectivity index (χ0v) is 11.6. The van der Waals surface area contributed by atoms with Crippen LogP contribution in [0.15, 0.2) is 12.4 Å². The van der Waals surface area contributed by atoms with E-state index < -0.39 is 0 Å². The van der Waals surface area contributed by atoms with E-state index in [1.165, 1.54) is 18.4 Å². The number of aryl methyl sites for hydroxylation is 2. The van der Waals surface area contributed by atoms with Crippen LogP contribution in [0.3, 0.4) is 0 Å². The van der Waals surface area contributed by atoms with Crippen LogP contribution in [-0.2, 0) is 18.2 Å². The van der Waals surface area contributed by atoms with Crippen molar-refractivity contribution in [3.63, 3.8) is 0 Å². The molecule has 1 N–H and O–H groups in total. The van der Waals surface area contributed by atoms with Gasteiger partial charge in [-0.1, -0.05) is 6.92 Å². The van der Waals surface area contributed by atoms with E-state index in [0.29, 0.717) is 12.0 Å². The number of nitrogens with one attached hydrogen (secondary N) is 1. The minimum atomic E-state index is 0.635. The molecule has 2 unspecified atom stereocenters. The molecule has 2 rings (SSSR count). The van der Waals surface area contributed by atoms with E-state index in [1.54, 1.807) is 0 Å². The maximum atomic E-state index is 5.63. The van der Waals surface area contributed by atoms with Gasteiger partial charge in [-0.05, 0) is 43.7 Å². The minimum absolute atomic E-state index is 0.635. The van der Waals surface area contributed by atoms with E-state index in [2.05, 4.69) is 23.5 Å². The number of hydrogen-bond acceptors (Lipinski definition) is 3. The zero-order valence-electron chi connectivity index (χ0n) is 11.6. The predicted molar refractivity (Wildman–Crippen MR) is 72.5 cm³/mol. The second kappa shape index (κ2) is 6.90. The van der Waals surface area contributed by atoms with E-state index in [0.717, 1.165) is 32.6 Å². The molecule has 0 amide bonds. The van der Waals surface area contributed by atoms with Gasteiger partial charge in [-0.3, -0.25) is 4.68 Å². The van der Waals surface area contributed by atoms with Crippen molar-refractivity contribution in [2.45, 2.75) is 38.6 Å². The Morgan fingerprint density at radius 3 is 3.17 bits per heavy atom. The average molecular weight is 251 g/mol. The van der Waals surface area contributed by atoms with Crippen molar-refractivity contribution in [2.24, 2.45) is 13.0 Å². The molecule has 4 heteroatoms. The monoisotopic (exact) mass is 251 g/mol. The first-order valence-electron chi connectivity index (χ1n) is 7.08. The Labute approximate surface area is 110 Å². The molecular weight excluding hydrogens is 226 g/mol. The van der Waals surface area contributed by atoms with Crippen molar-refractivity contribution < 1.29 is 4.74 Å². The molecule has 0 aliphatic carbocycles. The Morgan fingerprint density at radius 2 is 2.44 bits per heavy atom. The van der Waals surface area contributed by atoms with Gasteiger partial charge >= 0.3 is 0 Å². The molecule has 1 aliphatic rings. The summed E-state index contributed by atoms with van der Waals surface area (Å²) in [7, 11) is 1.97. The van der Waals surface area contributed by atoms with E-state index >= 15 is 0 Å². The SMILES string of the molecule is CCCNC1CCOCC1CCc1cnn(C)c1. The lowest BCUT2D eigenvalue weighted by Crippen LogP contribution is -2.43. The molecule has 2 atom stereocenters. The van der Waals surface area contributed by atoms with Crippen molar-refractivity contribution in [2.75, 3.05) is 19.8 Å². The lowest BCUT2D eigenvalue weighted by Gasteiger charge is -2.32. The van der Waals surface area contributed by atoms with Crippen molar-refractivity contribution in [3.05, 3.63) is 18.0 Å². The van der Waals surface area contributed by atoms with Crippen molar-refractivity contribution in [1.82, 2.24) is 15.1 Å². The van der Waals surface area contributed by atoms with Gasteiger partial charge in [0.25, 0.3) is 0 Å². The Hall–Kier alpha value is -0.870. The topological polar surface area (TPSA) is 39.1 Å². The smallest absolute Gasteiger partial charge is 0.0521 e. The summed E-state index contributed by atoms with van der Waals surface area (Å²) in [6.45, 7) is 5.15. The van der Waals surface area contributed by atoms with Gasteiger partial charge in [0, 0.05) is 25.9 Å². The fraction of sp³-hybridized carbons (Fsp3) is 0.786. The Morgan fingerprint density at radius 1 is 1.56 bits per heavy atom. The zero-order chi connectivity index (χ0) is 12.8. The summed E-state index contributed by atoms with van der Waals surface area (Å²) < 4.78 is 7.50. The van der Waals surface area contributed by atoms with Gasteiger partial charge in [-0.25, -0.2) is 0 Å². The van der Waals surface area contributed by atoms with E-state index in [9.17, 15) is 0 Å². The highest BCUT2D eigenvalue weighted by Gasteiger charge is 2.24. The van der Waals surface area contributed by atoms with Crippen molar-refractivity contribution in [1.29, 1.82) is 0 Å². The third kappa shape index (κ3) is 3.82. The number of aromatic nitrogens is 2. The summed E-state index contributed by atoms with van der Waals surface area (Å²) in [5, 5.41) is 7.88. The van der Waals surface area contributed by atoms with Crippen LogP contribution >= 0.6 is 0 Å². The second-order valence-corrected chi connectivity index (χ2v) is 5.25. The molecule has 1 aromatic rings. The highest BCUT2D eigenvalue weighted by atomic mass is 16.5. The van der Waals surface area contributed by atoms with Gasteiger partial charge in [-0.2, -0.15) is 5.10 Å². The first-order valence-corrected chi connectivity index (χ1v) is 7.08. The van der Waals surface area contributed by atoms with Crippen LogP contribution in [0.4, 0.5) is 0 Å². The van der Waals surface area contributed by atoms with Crippen molar-refractivity contribution >= 4 is 0 Å². The molecule has 1 saturated heterocycles. The predicted octanol–water partition coefficient (Wildman–Crippen LogP) is 1.76. The maximum Gasteiger partial charge on any atom is 0.0521 e. The quantitative estimate of drug-likeness (QED) is 0.837. The Balaban J connectivity index is 1.81. The molecule has 1 fully saturated rings. The van der Waals surface area contributed by atoms with E-state index in [4.69, 9.17) is 4.74 Å². The first kappa shape index (κ1) is 13.6. The fourth-order valence-electron chi connectivity index (χ4n) is 2.63. The van der Waals surface area contributed by atoms with Gasteiger partial charge in [0.1, 0.15) is 0 Å².